The summed E-state index contributed by atoms with van der Waals surface area (Å²) in [4.78, 5) is 9.45. The van der Waals surface area contributed by atoms with Crippen LogP contribution < -0.4 is 0 Å². The van der Waals surface area contributed by atoms with Crippen LogP contribution in [0.2, 0.25) is 0 Å². The first-order valence-electron chi connectivity index (χ1n) is 5.94. The molecule has 90 valence electrons. The average molecular weight is 285 g/mol. The van der Waals surface area contributed by atoms with Crippen molar-refractivity contribution in [1.29, 1.82) is 0 Å². The molecule has 0 aliphatic rings. The van der Waals surface area contributed by atoms with Crippen molar-refractivity contribution in [3.05, 3.63) is 23.3 Å². The Hall–Kier alpha value is -0.440. The Kier molecular flexibility index (Phi) is 4.90. The van der Waals surface area contributed by atoms with Gasteiger partial charge in [-0.1, -0.05) is 43.6 Å². The first-order valence-corrected chi connectivity index (χ1v) is 6.85. The van der Waals surface area contributed by atoms with Crippen molar-refractivity contribution in [1.82, 2.24) is 9.97 Å². The summed E-state index contributed by atoms with van der Waals surface area (Å²) in [5, 5.41) is 0. The molecule has 0 N–H and O–H groups in total. The van der Waals surface area contributed by atoms with Crippen LogP contribution in [0.1, 0.15) is 50.8 Å². The van der Waals surface area contributed by atoms with Gasteiger partial charge in [0.15, 0.2) is 0 Å². The summed E-state index contributed by atoms with van der Waals surface area (Å²) in [7, 11) is 0. The first kappa shape index (κ1) is 13.6. The summed E-state index contributed by atoms with van der Waals surface area (Å²) < 4.78 is 0. The Morgan fingerprint density at radius 2 is 1.88 bits per heavy atom. The second kappa shape index (κ2) is 5.76. The van der Waals surface area contributed by atoms with Crippen LogP contribution in [0.25, 0.3) is 0 Å². The molecule has 0 amide bonds. The molecule has 0 aliphatic heterocycles. The van der Waals surface area contributed by atoms with Crippen molar-refractivity contribution in [2.45, 2.75) is 51.8 Å². The summed E-state index contributed by atoms with van der Waals surface area (Å²) in [5.74, 6) is 1.91. The molecule has 2 atom stereocenters. The van der Waals surface area contributed by atoms with Gasteiger partial charge in [-0.05, 0) is 25.3 Å². The molecule has 0 saturated heterocycles. The molecule has 1 aromatic rings. The Balaban J connectivity index is 3.13. The third-order valence-corrected chi connectivity index (χ3v) is 3.40. The van der Waals surface area contributed by atoms with E-state index in [4.69, 9.17) is 0 Å². The Labute approximate surface area is 107 Å². The minimum Gasteiger partial charge on any atom is -0.238 e. The van der Waals surface area contributed by atoms with Gasteiger partial charge >= 0.3 is 0 Å². The molecule has 1 rings (SSSR count). The van der Waals surface area contributed by atoms with E-state index in [0.29, 0.717) is 16.7 Å². The smallest absolute Gasteiger partial charge is 0.125 e. The standard InChI is InChI=1S/C13H21BrN2/c1-6-11-7-12(16-10(5)15-11)13(8(2)3)9(4)14/h7-9,13H,6H2,1-5H3. The molecule has 0 bridgehead atoms. The van der Waals surface area contributed by atoms with Gasteiger partial charge in [0.05, 0.1) is 0 Å². The Morgan fingerprint density at radius 1 is 1.25 bits per heavy atom. The molecule has 1 aromatic heterocycles. The normalized spacial score (nSPS) is 15.2. The van der Waals surface area contributed by atoms with Crippen molar-refractivity contribution in [3.8, 4) is 0 Å². The van der Waals surface area contributed by atoms with Gasteiger partial charge < -0.3 is 0 Å². The monoisotopic (exact) mass is 284 g/mol. The van der Waals surface area contributed by atoms with Crippen LogP contribution in [0.15, 0.2) is 6.07 Å². The second-order valence-corrected chi connectivity index (χ2v) is 6.08. The highest BCUT2D eigenvalue weighted by Gasteiger charge is 2.22. The molecule has 0 radical (unpaired) electrons. The maximum absolute atomic E-state index is 4.58. The number of alkyl halides is 1. The van der Waals surface area contributed by atoms with Gasteiger partial charge in [0, 0.05) is 22.1 Å². The molecule has 0 saturated carbocycles. The number of aromatic nitrogens is 2. The first-order chi connectivity index (χ1) is 7.45. The Bertz CT molecular complexity index is 340. The van der Waals surface area contributed by atoms with Gasteiger partial charge in [-0.2, -0.15) is 0 Å². The van der Waals surface area contributed by atoms with E-state index in [9.17, 15) is 0 Å². The van der Waals surface area contributed by atoms with Gasteiger partial charge in [-0.3, -0.25) is 0 Å². The van der Waals surface area contributed by atoms with E-state index >= 15 is 0 Å². The largest absolute Gasteiger partial charge is 0.238 e. The zero-order chi connectivity index (χ0) is 12.3. The van der Waals surface area contributed by atoms with Crippen LogP contribution in [0.4, 0.5) is 0 Å². The van der Waals surface area contributed by atoms with Crippen LogP contribution >= 0.6 is 15.9 Å². The van der Waals surface area contributed by atoms with Gasteiger partial charge in [0.2, 0.25) is 0 Å². The average Bonchev–Trinajstić information content (AvgIpc) is 2.15. The number of aryl methyl sites for hydroxylation is 2. The summed E-state index contributed by atoms with van der Waals surface area (Å²) in [6.45, 7) is 10.8. The fraction of sp³-hybridized carbons (Fsp3) is 0.692. The number of nitrogens with zero attached hydrogens (tertiary/aromatic N) is 2. The maximum atomic E-state index is 4.58. The predicted octanol–water partition coefficient (Wildman–Crippen LogP) is 3.87. The number of hydrogen-bond donors (Lipinski definition) is 0. The second-order valence-electron chi connectivity index (χ2n) is 4.63. The van der Waals surface area contributed by atoms with Gasteiger partial charge in [0.25, 0.3) is 0 Å². The fourth-order valence-corrected chi connectivity index (χ4v) is 3.00. The molecule has 2 nitrogen and oxygen atoms in total. The lowest BCUT2D eigenvalue weighted by molar-refractivity contribution is 0.485. The fourth-order valence-electron chi connectivity index (χ4n) is 2.11. The van der Waals surface area contributed by atoms with Crippen LogP contribution in [0.5, 0.6) is 0 Å². The summed E-state index contributed by atoms with van der Waals surface area (Å²) in [6.07, 6.45) is 0.970. The van der Waals surface area contributed by atoms with E-state index in [0.717, 1.165) is 17.9 Å². The van der Waals surface area contributed by atoms with Crippen LogP contribution in [-0.4, -0.2) is 14.8 Å². The molecule has 0 fully saturated rings. The molecular formula is C13H21BrN2. The quantitative estimate of drug-likeness (QED) is 0.785. The minimum absolute atomic E-state index is 0.437. The van der Waals surface area contributed by atoms with Crippen LogP contribution in [0, 0.1) is 12.8 Å². The molecule has 16 heavy (non-hydrogen) atoms. The van der Waals surface area contributed by atoms with Gasteiger partial charge in [-0.15, -0.1) is 0 Å². The Morgan fingerprint density at radius 3 is 2.31 bits per heavy atom. The lowest BCUT2D eigenvalue weighted by Crippen LogP contribution is -2.18. The van der Waals surface area contributed by atoms with Crippen molar-refractivity contribution >= 4 is 15.9 Å². The topological polar surface area (TPSA) is 25.8 Å². The van der Waals surface area contributed by atoms with Gasteiger partial charge in [-0.25, -0.2) is 9.97 Å². The molecule has 2 unspecified atom stereocenters. The molecule has 0 aromatic carbocycles. The summed E-state index contributed by atoms with van der Waals surface area (Å²) in [5.41, 5.74) is 2.31. The van der Waals surface area contributed by atoms with Crippen molar-refractivity contribution in [2.75, 3.05) is 0 Å². The third kappa shape index (κ3) is 3.27. The minimum atomic E-state index is 0.437. The summed E-state index contributed by atoms with van der Waals surface area (Å²) in [6, 6.07) is 2.15. The van der Waals surface area contributed by atoms with Crippen molar-refractivity contribution in [3.63, 3.8) is 0 Å². The van der Waals surface area contributed by atoms with Crippen LogP contribution in [0.3, 0.4) is 0 Å². The highest BCUT2D eigenvalue weighted by Crippen LogP contribution is 2.31. The number of hydrogen-bond acceptors (Lipinski definition) is 2. The number of rotatable bonds is 4. The van der Waals surface area contributed by atoms with E-state index in [1.54, 1.807) is 0 Å². The molecular weight excluding hydrogens is 264 g/mol. The third-order valence-electron chi connectivity index (χ3n) is 2.83. The molecule has 1 heterocycles. The zero-order valence-corrected chi connectivity index (χ0v) is 12.4. The van der Waals surface area contributed by atoms with Crippen LogP contribution in [-0.2, 0) is 6.42 Å². The highest BCUT2D eigenvalue weighted by molar-refractivity contribution is 9.09. The van der Waals surface area contributed by atoms with E-state index in [1.165, 1.54) is 5.69 Å². The van der Waals surface area contributed by atoms with Gasteiger partial charge in [0.1, 0.15) is 5.82 Å². The van der Waals surface area contributed by atoms with E-state index in [-0.39, 0.29) is 0 Å². The SMILES string of the molecule is CCc1cc(C(C(C)C)C(C)Br)nc(C)n1. The number of halogens is 1. The maximum Gasteiger partial charge on any atom is 0.125 e. The van der Waals surface area contributed by atoms with Crippen molar-refractivity contribution in [2.24, 2.45) is 5.92 Å². The van der Waals surface area contributed by atoms with E-state index in [1.807, 2.05) is 6.92 Å². The zero-order valence-electron chi connectivity index (χ0n) is 10.8. The van der Waals surface area contributed by atoms with Crippen molar-refractivity contribution < 1.29 is 0 Å². The molecule has 0 aliphatic carbocycles. The predicted molar refractivity (Wildman–Crippen MR) is 72.1 cm³/mol. The van der Waals surface area contributed by atoms with E-state index < -0.39 is 0 Å². The lowest BCUT2D eigenvalue weighted by atomic mass is 9.89. The lowest BCUT2D eigenvalue weighted by Gasteiger charge is -2.23. The molecule has 0 spiro atoms. The highest BCUT2D eigenvalue weighted by atomic mass is 79.9. The summed E-state index contributed by atoms with van der Waals surface area (Å²) >= 11 is 3.69. The van der Waals surface area contributed by atoms with E-state index in [2.05, 4.69) is 59.7 Å². The molecule has 3 heteroatoms.